The summed E-state index contributed by atoms with van der Waals surface area (Å²) < 4.78 is 7.32. The predicted octanol–water partition coefficient (Wildman–Crippen LogP) is 2.19. The fraction of sp³-hybridized carbons (Fsp3) is 0.412. The van der Waals surface area contributed by atoms with E-state index in [1.165, 1.54) is 0 Å². The summed E-state index contributed by atoms with van der Waals surface area (Å²) in [6, 6.07) is 9.82. The number of benzene rings is 1. The summed E-state index contributed by atoms with van der Waals surface area (Å²) in [5.41, 5.74) is 1.99. The van der Waals surface area contributed by atoms with Crippen LogP contribution >= 0.6 is 0 Å². The van der Waals surface area contributed by atoms with Gasteiger partial charge in [-0.05, 0) is 25.0 Å². The zero-order valence-electron chi connectivity index (χ0n) is 13.3. The van der Waals surface area contributed by atoms with Gasteiger partial charge in [-0.3, -0.25) is 0 Å². The second-order valence-electron chi connectivity index (χ2n) is 5.81. The molecule has 0 saturated carbocycles. The third kappa shape index (κ3) is 4.10. The van der Waals surface area contributed by atoms with Crippen LogP contribution in [-0.2, 0) is 11.3 Å². The van der Waals surface area contributed by atoms with Crippen molar-refractivity contribution in [2.45, 2.75) is 25.5 Å². The number of hydrogen-bond acceptors (Lipinski definition) is 3. The Hall–Kier alpha value is -2.34. The average Bonchev–Trinajstić information content (AvgIpc) is 3.25. The number of nitrogens with one attached hydrogen (secondary N) is 1. The Bertz CT molecular complexity index is 635. The van der Waals surface area contributed by atoms with E-state index in [1.54, 1.807) is 18.1 Å². The minimum absolute atomic E-state index is 0.0899. The predicted molar refractivity (Wildman–Crippen MR) is 87.4 cm³/mol. The second kappa shape index (κ2) is 7.28. The van der Waals surface area contributed by atoms with Crippen molar-refractivity contribution in [3.63, 3.8) is 0 Å². The van der Waals surface area contributed by atoms with Crippen LogP contribution in [0.1, 0.15) is 18.4 Å². The van der Waals surface area contributed by atoms with Gasteiger partial charge in [0.1, 0.15) is 0 Å². The molecule has 1 aliphatic heterocycles. The molecule has 0 aliphatic carbocycles. The van der Waals surface area contributed by atoms with Gasteiger partial charge < -0.3 is 15.0 Å². The van der Waals surface area contributed by atoms with Gasteiger partial charge >= 0.3 is 6.03 Å². The molecule has 1 saturated heterocycles. The fourth-order valence-corrected chi connectivity index (χ4v) is 2.65. The van der Waals surface area contributed by atoms with Crippen LogP contribution in [0.4, 0.5) is 4.79 Å². The highest BCUT2D eigenvalue weighted by Crippen LogP contribution is 2.11. The highest BCUT2D eigenvalue weighted by molar-refractivity contribution is 5.73. The van der Waals surface area contributed by atoms with Gasteiger partial charge in [0.15, 0.2) is 0 Å². The summed E-state index contributed by atoms with van der Waals surface area (Å²) in [6.45, 7) is 1.89. The minimum atomic E-state index is -0.0899. The van der Waals surface area contributed by atoms with Gasteiger partial charge in [-0.25, -0.2) is 9.48 Å². The lowest BCUT2D eigenvalue weighted by Crippen LogP contribution is -2.40. The summed E-state index contributed by atoms with van der Waals surface area (Å²) in [4.78, 5) is 13.8. The van der Waals surface area contributed by atoms with Crippen molar-refractivity contribution in [2.24, 2.45) is 0 Å². The van der Waals surface area contributed by atoms with Crippen molar-refractivity contribution < 1.29 is 9.53 Å². The van der Waals surface area contributed by atoms with Crippen molar-refractivity contribution in [1.82, 2.24) is 20.0 Å². The molecule has 1 aromatic carbocycles. The number of rotatable bonds is 5. The normalized spacial score (nSPS) is 17.2. The molecule has 1 fully saturated rings. The van der Waals surface area contributed by atoms with Crippen LogP contribution in [0.15, 0.2) is 42.7 Å². The zero-order valence-corrected chi connectivity index (χ0v) is 13.3. The van der Waals surface area contributed by atoms with Crippen molar-refractivity contribution in [3.8, 4) is 5.69 Å². The number of hydrogen-bond donors (Lipinski definition) is 1. The first kappa shape index (κ1) is 15.6. The number of urea groups is 1. The maximum atomic E-state index is 12.1. The number of ether oxygens (including phenoxy) is 1. The third-order valence-corrected chi connectivity index (χ3v) is 3.93. The van der Waals surface area contributed by atoms with E-state index in [4.69, 9.17) is 4.74 Å². The zero-order chi connectivity index (χ0) is 16.1. The summed E-state index contributed by atoms with van der Waals surface area (Å²) in [7, 11) is 1.78. The lowest BCUT2D eigenvalue weighted by Gasteiger charge is -2.18. The monoisotopic (exact) mass is 314 g/mol. The summed E-state index contributed by atoms with van der Waals surface area (Å²) in [5.74, 6) is 0. The Morgan fingerprint density at radius 2 is 2.26 bits per heavy atom. The van der Waals surface area contributed by atoms with E-state index in [0.29, 0.717) is 13.1 Å². The molecule has 3 rings (SSSR count). The van der Waals surface area contributed by atoms with E-state index in [1.807, 2.05) is 41.2 Å². The van der Waals surface area contributed by atoms with E-state index in [2.05, 4.69) is 10.4 Å². The van der Waals surface area contributed by atoms with E-state index in [-0.39, 0.29) is 12.1 Å². The van der Waals surface area contributed by atoms with Crippen LogP contribution in [-0.4, -0.2) is 47.0 Å². The van der Waals surface area contributed by atoms with Crippen molar-refractivity contribution in [2.75, 3.05) is 20.2 Å². The average molecular weight is 314 g/mol. The van der Waals surface area contributed by atoms with Crippen LogP contribution in [0, 0.1) is 0 Å². The SMILES string of the molecule is CN(Cc1cnn(-c2ccccc2)c1)C(=O)NCC1CCCO1. The molecule has 1 N–H and O–H groups in total. The second-order valence-corrected chi connectivity index (χ2v) is 5.81. The van der Waals surface area contributed by atoms with Gasteiger partial charge in [-0.1, -0.05) is 18.2 Å². The van der Waals surface area contributed by atoms with Crippen molar-refractivity contribution >= 4 is 6.03 Å². The van der Waals surface area contributed by atoms with Gasteiger partial charge in [0.2, 0.25) is 0 Å². The molecule has 0 bridgehead atoms. The van der Waals surface area contributed by atoms with E-state index < -0.39 is 0 Å². The number of aromatic nitrogens is 2. The molecule has 2 aromatic rings. The van der Waals surface area contributed by atoms with Gasteiger partial charge in [0, 0.05) is 32.0 Å². The third-order valence-electron chi connectivity index (χ3n) is 3.93. The van der Waals surface area contributed by atoms with E-state index >= 15 is 0 Å². The molecule has 0 radical (unpaired) electrons. The van der Waals surface area contributed by atoms with E-state index in [0.717, 1.165) is 30.7 Å². The largest absolute Gasteiger partial charge is 0.376 e. The van der Waals surface area contributed by atoms with Gasteiger partial charge in [0.25, 0.3) is 0 Å². The standard InChI is InChI=1S/C17H22N4O2/c1-20(17(22)18-11-16-8-5-9-23-16)12-14-10-19-21(13-14)15-6-3-2-4-7-15/h2-4,6-7,10,13,16H,5,8-9,11-12H2,1H3,(H,18,22). The molecule has 122 valence electrons. The van der Waals surface area contributed by atoms with Gasteiger partial charge in [0.05, 0.1) is 24.5 Å². The van der Waals surface area contributed by atoms with Crippen molar-refractivity contribution in [1.29, 1.82) is 0 Å². The minimum Gasteiger partial charge on any atom is -0.376 e. The first-order valence-electron chi connectivity index (χ1n) is 7.92. The Labute approximate surface area is 136 Å². The van der Waals surface area contributed by atoms with Gasteiger partial charge in [-0.15, -0.1) is 0 Å². The summed E-state index contributed by atoms with van der Waals surface area (Å²) >= 11 is 0. The molecule has 1 aromatic heterocycles. The lowest BCUT2D eigenvalue weighted by atomic mass is 10.2. The quantitative estimate of drug-likeness (QED) is 0.920. The van der Waals surface area contributed by atoms with Gasteiger partial charge in [-0.2, -0.15) is 5.10 Å². The Balaban J connectivity index is 1.52. The summed E-state index contributed by atoms with van der Waals surface area (Å²) in [5, 5.41) is 7.26. The molecule has 1 unspecified atom stereocenters. The van der Waals surface area contributed by atoms with Crippen LogP contribution < -0.4 is 5.32 Å². The fourth-order valence-electron chi connectivity index (χ4n) is 2.65. The maximum absolute atomic E-state index is 12.1. The van der Waals surface area contributed by atoms with Crippen LogP contribution in [0.2, 0.25) is 0 Å². The van der Waals surface area contributed by atoms with Crippen LogP contribution in [0.3, 0.4) is 0 Å². The van der Waals surface area contributed by atoms with Crippen LogP contribution in [0.5, 0.6) is 0 Å². The molecule has 6 nitrogen and oxygen atoms in total. The highest BCUT2D eigenvalue weighted by atomic mass is 16.5. The molecule has 1 atom stereocenters. The number of carbonyl (C=O) groups is 1. The molecule has 6 heteroatoms. The Morgan fingerprint density at radius 3 is 3.00 bits per heavy atom. The first-order chi connectivity index (χ1) is 11.2. The summed E-state index contributed by atoms with van der Waals surface area (Å²) in [6.07, 6.45) is 5.99. The molecule has 23 heavy (non-hydrogen) atoms. The molecule has 2 amide bonds. The number of nitrogens with zero attached hydrogens (tertiary/aromatic N) is 3. The molecular formula is C17H22N4O2. The smallest absolute Gasteiger partial charge is 0.317 e. The molecular weight excluding hydrogens is 292 g/mol. The highest BCUT2D eigenvalue weighted by Gasteiger charge is 2.17. The molecule has 2 heterocycles. The Kier molecular flexibility index (Phi) is 4.92. The van der Waals surface area contributed by atoms with Crippen molar-refractivity contribution in [3.05, 3.63) is 48.3 Å². The molecule has 1 aliphatic rings. The first-order valence-corrected chi connectivity index (χ1v) is 7.92. The van der Waals surface area contributed by atoms with E-state index in [9.17, 15) is 4.79 Å². The number of amides is 2. The lowest BCUT2D eigenvalue weighted by molar-refractivity contribution is 0.109. The maximum Gasteiger partial charge on any atom is 0.317 e. The Morgan fingerprint density at radius 1 is 1.43 bits per heavy atom. The number of carbonyl (C=O) groups excluding carboxylic acids is 1. The topological polar surface area (TPSA) is 59.4 Å². The number of para-hydroxylation sites is 1. The molecule has 0 spiro atoms. The van der Waals surface area contributed by atoms with Crippen LogP contribution in [0.25, 0.3) is 5.69 Å².